The molecule has 84 valence electrons. The molecule has 0 aliphatic carbocycles. The topological polar surface area (TPSA) is 24.5 Å². The number of nitrogens with one attached hydrogen (secondary N) is 1. The molecular formula is C11H24N2O. The lowest BCUT2D eigenvalue weighted by Gasteiger charge is -2.35. The second-order valence-electron chi connectivity index (χ2n) is 4.20. The van der Waals surface area contributed by atoms with Crippen LogP contribution in [0.15, 0.2) is 0 Å². The molecule has 3 nitrogen and oxygen atoms in total. The van der Waals surface area contributed by atoms with Gasteiger partial charge in [0.1, 0.15) is 0 Å². The molecule has 1 rings (SSSR count). The molecular weight excluding hydrogens is 176 g/mol. The van der Waals surface area contributed by atoms with Crippen molar-refractivity contribution in [1.29, 1.82) is 0 Å². The maximum Gasteiger partial charge on any atom is 0.0590 e. The van der Waals surface area contributed by atoms with Crippen molar-refractivity contribution in [2.75, 3.05) is 33.4 Å². The van der Waals surface area contributed by atoms with E-state index in [2.05, 4.69) is 24.2 Å². The van der Waals surface area contributed by atoms with Gasteiger partial charge in [-0.3, -0.25) is 0 Å². The van der Waals surface area contributed by atoms with Crippen molar-refractivity contribution in [1.82, 2.24) is 10.2 Å². The summed E-state index contributed by atoms with van der Waals surface area (Å²) in [6.07, 6.45) is 2.54. The van der Waals surface area contributed by atoms with E-state index in [0.717, 1.165) is 19.8 Å². The van der Waals surface area contributed by atoms with E-state index < -0.39 is 0 Å². The molecule has 3 heteroatoms. The molecule has 0 aromatic carbocycles. The van der Waals surface area contributed by atoms with Crippen LogP contribution in [-0.2, 0) is 4.74 Å². The van der Waals surface area contributed by atoms with Gasteiger partial charge in [-0.2, -0.15) is 0 Å². The summed E-state index contributed by atoms with van der Waals surface area (Å²) in [7, 11) is 2.21. The maximum absolute atomic E-state index is 5.30. The normalized spacial score (nSPS) is 29.4. The van der Waals surface area contributed by atoms with Gasteiger partial charge in [0.05, 0.1) is 6.61 Å². The molecule has 1 saturated heterocycles. The van der Waals surface area contributed by atoms with E-state index in [0.29, 0.717) is 12.1 Å². The summed E-state index contributed by atoms with van der Waals surface area (Å²) in [5, 5.41) is 3.56. The van der Waals surface area contributed by atoms with E-state index in [4.69, 9.17) is 4.74 Å². The monoisotopic (exact) mass is 200 g/mol. The van der Waals surface area contributed by atoms with Crippen LogP contribution in [0, 0.1) is 0 Å². The van der Waals surface area contributed by atoms with Crippen LogP contribution in [0.2, 0.25) is 0 Å². The molecule has 1 N–H and O–H groups in total. The van der Waals surface area contributed by atoms with Crippen molar-refractivity contribution in [3.05, 3.63) is 0 Å². The smallest absolute Gasteiger partial charge is 0.0590 e. The quantitative estimate of drug-likeness (QED) is 0.673. The van der Waals surface area contributed by atoms with Crippen LogP contribution in [0.4, 0.5) is 0 Å². The number of nitrogens with zero attached hydrogens (tertiary/aromatic N) is 1. The SMILES string of the molecule is CCOCCNC1CCN(C)C(C)C1. The van der Waals surface area contributed by atoms with Crippen molar-refractivity contribution >= 4 is 0 Å². The molecule has 14 heavy (non-hydrogen) atoms. The Morgan fingerprint density at radius 2 is 2.29 bits per heavy atom. The Hall–Kier alpha value is -0.120. The Bertz CT molecular complexity index is 152. The first-order chi connectivity index (χ1) is 6.74. The second-order valence-corrected chi connectivity index (χ2v) is 4.20. The highest BCUT2D eigenvalue weighted by Crippen LogP contribution is 2.14. The molecule has 0 amide bonds. The highest BCUT2D eigenvalue weighted by Gasteiger charge is 2.21. The van der Waals surface area contributed by atoms with Crippen molar-refractivity contribution in [2.45, 2.75) is 38.8 Å². The van der Waals surface area contributed by atoms with Crippen LogP contribution in [0.25, 0.3) is 0 Å². The third kappa shape index (κ3) is 3.95. The third-order valence-corrected chi connectivity index (χ3v) is 3.09. The van der Waals surface area contributed by atoms with Crippen molar-refractivity contribution in [2.24, 2.45) is 0 Å². The highest BCUT2D eigenvalue weighted by molar-refractivity contribution is 4.80. The summed E-state index contributed by atoms with van der Waals surface area (Å²) < 4.78 is 5.30. The second kappa shape index (κ2) is 6.38. The summed E-state index contributed by atoms with van der Waals surface area (Å²) >= 11 is 0. The van der Waals surface area contributed by atoms with Crippen LogP contribution in [-0.4, -0.2) is 50.3 Å². The lowest BCUT2D eigenvalue weighted by molar-refractivity contribution is 0.132. The molecule has 1 heterocycles. The summed E-state index contributed by atoms with van der Waals surface area (Å²) in [6, 6.07) is 1.41. The number of likely N-dealkylation sites (tertiary alicyclic amines) is 1. The van der Waals surface area contributed by atoms with Gasteiger partial charge in [0.25, 0.3) is 0 Å². The minimum Gasteiger partial charge on any atom is -0.380 e. The van der Waals surface area contributed by atoms with Gasteiger partial charge < -0.3 is 15.0 Å². The largest absolute Gasteiger partial charge is 0.380 e. The van der Waals surface area contributed by atoms with Crippen LogP contribution in [0.1, 0.15) is 26.7 Å². The van der Waals surface area contributed by atoms with Gasteiger partial charge >= 0.3 is 0 Å². The van der Waals surface area contributed by atoms with Gasteiger partial charge in [-0.15, -0.1) is 0 Å². The molecule has 0 spiro atoms. The average Bonchev–Trinajstić information content (AvgIpc) is 2.18. The Morgan fingerprint density at radius 1 is 1.50 bits per heavy atom. The standard InChI is InChI=1S/C11H24N2O/c1-4-14-8-6-12-11-5-7-13(3)10(2)9-11/h10-12H,4-9H2,1-3H3. The van der Waals surface area contributed by atoms with Crippen molar-refractivity contribution < 1.29 is 4.74 Å². The van der Waals surface area contributed by atoms with Gasteiger partial charge in [-0.1, -0.05) is 0 Å². The fraction of sp³-hybridized carbons (Fsp3) is 1.00. The summed E-state index contributed by atoms with van der Waals surface area (Å²) in [6.45, 7) is 8.22. The first-order valence-electron chi connectivity index (χ1n) is 5.75. The first-order valence-corrected chi connectivity index (χ1v) is 5.75. The van der Waals surface area contributed by atoms with Crippen LogP contribution < -0.4 is 5.32 Å². The lowest BCUT2D eigenvalue weighted by Crippen LogP contribution is -2.46. The predicted molar refractivity (Wildman–Crippen MR) is 59.6 cm³/mol. The Morgan fingerprint density at radius 3 is 2.93 bits per heavy atom. The van der Waals surface area contributed by atoms with Gasteiger partial charge in [0, 0.05) is 25.2 Å². The zero-order valence-electron chi connectivity index (χ0n) is 9.75. The van der Waals surface area contributed by atoms with E-state index in [9.17, 15) is 0 Å². The van der Waals surface area contributed by atoms with Crippen molar-refractivity contribution in [3.63, 3.8) is 0 Å². The molecule has 0 radical (unpaired) electrons. The summed E-state index contributed by atoms with van der Waals surface area (Å²) in [4.78, 5) is 2.43. The first kappa shape index (κ1) is 12.0. The molecule has 2 unspecified atom stereocenters. The van der Waals surface area contributed by atoms with Crippen LogP contribution >= 0.6 is 0 Å². The Balaban J connectivity index is 2.07. The van der Waals surface area contributed by atoms with Crippen molar-refractivity contribution in [3.8, 4) is 0 Å². The zero-order valence-corrected chi connectivity index (χ0v) is 9.75. The summed E-state index contributed by atoms with van der Waals surface area (Å²) in [5.41, 5.74) is 0. The Kier molecular flexibility index (Phi) is 5.45. The molecule has 1 aliphatic heterocycles. The average molecular weight is 200 g/mol. The third-order valence-electron chi connectivity index (χ3n) is 3.09. The molecule has 0 saturated carbocycles. The van der Waals surface area contributed by atoms with E-state index in [1.165, 1.54) is 19.4 Å². The van der Waals surface area contributed by atoms with E-state index >= 15 is 0 Å². The van der Waals surface area contributed by atoms with Gasteiger partial charge in [-0.05, 0) is 40.3 Å². The molecule has 0 aromatic rings. The number of piperidine rings is 1. The minimum absolute atomic E-state index is 0.696. The molecule has 2 atom stereocenters. The van der Waals surface area contributed by atoms with Gasteiger partial charge in [-0.25, -0.2) is 0 Å². The lowest BCUT2D eigenvalue weighted by atomic mass is 9.99. The molecule has 0 aromatic heterocycles. The molecule has 1 fully saturated rings. The minimum atomic E-state index is 0.696. The number of rotatable bonds is 5. The number of hydrogen-bond acceptors (Lipinski definition) is 3. The van der Waals surface area contributed by atoms with E-state index in [1.54, 1.807) is 0 Å². The van der Waals surface area contributed by atoms with E-state index in [-0.39, 0.29) is 0 Å². The number of ether oxygens (including phenoxy) is 1. The fourth-order valence-electron chi connectivity index (χ4n) is 1.95. The zero-order chi connectivity index (χ0) is 10.4. The van der Waals surface area contributed by atoms with E-state index in [1.807, 2.05) is 6.92 Å². The van der Waals surface area contributed by atoms with Gasteiger partial charge in [0.2, 0.25) is 0 Å². The van der Waals surface area contributed by atoms with Crippen LogP contribution in [0.5, 0.6) is 0 Å². The Labute approximate surface area is 87.8 Å². The molecule has 1 aliphatic rings. The fourth-order valence-corrected chi connectivity index (χ4v) is 1.95. The van der Waals surface area contributed by atoms with Gasteiger partial charge in [0.15, 0.2) is 0 Å². The number of hydrogen-bond donors (Lipinski definition) is 1. The maximum atomic E-state index is 5.30. The highest BCUT2D eigenvalue weighted by atomic mass is 16.5. The summed E-state index contributed by atoms with van der Waals surface area (Å²) in [5.74, 6) is 0. The predicted octanol–water partition coefficient (Wildman–Crippen LogP) is 1.10. The molecule has 0 bridgehead atoms. The van der Waals surface area contributed by atoms with Crippen LogP contribution in [0.3, 0.4) is 0 Å².